The van der Waals surface area contributed by atoms with Crippen molar-refractivity contribution in [3.8, 4) is 5.75 Å². The van der Waals surface area contributed by atoms with Crippen molar-refractivity contribution in [3.05, 3.63) is 70.8 Å². The van der Waals surface area contributed by atoms with Gasteiger partial charge in [-0.25, -0.2) is 0 Å². The molecule has 0 unspecified atom stereocenters. The summed E-state index contributed by atoms with van der Waals surface area (Å²) in [4.78, 5) is 14.9. The number of aliphatic hydroxyl groups excluding tert-OH is 1. The first-order chi connectivity index (χ1) is 12.4. The Morgan fingerprint density at radius 1 is 1.15 bits per heavy atom. The molecule has 0 atom stereocenters. The minimum atomic E-state index is -0.782. The fourth-order valence-electron chi connectivity index (χ4n) is 3.71. The summed E-state index contributed by atoms with van der Waals surface area (Å²) in [7, 11) is 0. The summed E-state index contributed by atoms with van der Waals surface area (Å²) < 4.78 is 0. The number of carbonyl (C=O) groups is 1. The number of hydrogen-bond donors (Lipinski definition) is 2. The fraction of sp³-hybridized carbons (Fsp3) is 0.318. The van der Waals surface area contributed by atoms with Crippen LogP contribution in [-0.4, -0.2) is 22.7 Å². The number of aromatic hydroxyl groups is 1. The van der Waals surface area contributed by atoms with Crippen molar-refractivity contribution in [3.63, 3.8) is 0 Å². The predicted molar refractivity (Wildman–Crippen MR) is 103 cm³/mol. The van der Waals surface area contributed by atoms with Crippen molar-refractivity contribution < 1.29 is 15.0 Å². The maximum atomic E-state index is 13.1. The topological polar surface area (TPSA) is 60.8 Å². The molecule has 1 heterocycles. The molecule has 0 aromatic heterocycles. The van der Waals surface area contributed by atoms with Crippen LogP contribution >= 0.6 is 0 Å². The van der Waals surface area contributed by atoms with Crippen LogP contribution in [0, 0.1) is 6.92 Å². The van der Waals surface area contributed by atoms with Crippen LogP contribution in [0.15, 0.2) is 48.6 Å². The second-order valence-corrected chi connectivity index (χ2v) is 7.28. The zero-order valence-corrected chi connectivity index (χ0v) is 15.5. The summed E-state index contributed by atoms with van der Waals surface area (Å²) >= 11 is 0. The molecule has 4 heteroatoms. The number of hydrogen-bond acceptors (Lipinski definition) is 3. The molecule has 0 radical (unpaired) electrons. The lowest BCUT2D eigenvalue weighted by molar-refractivity contribution is -0.122. The van der Waals surface area contributed by atoms with Crippen molar-refractivity contribution in [1.29, 1.82) is 0 Å². The molecule has 0 aliphatic carbocycles. The van der Waals surface area contributed by atoms with Crippen LogP contribution in [-0.2, 0) is 23.2 Å². The quantitative estimate of drug-likeness (QED) is 0.809. The van der Waals surface area contributed by atoms with E-state index in [9.17, 15) is 9.90 Å². The number of rotatable bonds is 5. The first kappa shape index (κ1) is 18.2. The highest BCUT2D eigenvalue weighted by atomic mass is 16.3. The predicted octanol–water partition coefficient (Wildman–Crippen LogP) is 3.62. The summed E-state index contributed by atoms with van der Waals surface area (Å²) in [5, 5.41) is 19.8. The summed E-state index contributed by atoms with van der Waals surface area (Å²) in [5.41, 5.74) is 3.53. The number of phenolic OH excluding ortho intramolecular Hbond substituents is 1. The van der Waals surface area contributed by atoms with Gasteiger partial charge in [0.05, 0.1) is 24.3 Å². The zero-order chi connectivity index (χ0) is 18.9. The smallest absolute Gasteiger partial charge is 0.237 e. The highest BCUT2D eigenvalue weighted by Gasteiger charge is 2.47. The molecule has 1 aliphatic rings. The third kappa shape index (κ3) is 3.01. The van der Waals surface area contributed by atoms with Gasteiger partial charge >= 0.3 is 0 Å². The van der Waals surface area contributed by atoms with Gasteiger partial charge in [-0.2, -0.15) is 0 Å². The Morgan fingerprint density at radius 3 is 2.50 bits per heavy atom. The van der Waals surface area contributed by atoms with Crippen LogP contribution in [0.5, 0.6) is 5.75 Å². The molecule has 0 saturated heterocycles. The lowest BCUT2D eigenvalue weighted by Gasteiger charge is -2.21. The van der Waals surface area contributed by atoms with E-state index in [2.05, 4.69) is 0 Å². The Hall–Kier alpha value is -2.59. The number of aryl methyl sites for hydroxylation is 1. The maximum absolute atomic E-state index is 13.1. The Balaban J connectivity index is 2.09. The molecule has 0 spiro atoms. The minimum absolute atomic E-state index is 0.00203. The first-order valence-electron chi connectivity index (χ1n) is 8.85. The molecule has 0 bridgehead atoms. The molecule has 2 aromatic carbocycles. The molecule has 1 amide bonds. The van der Waals surface area contributed by atoms with Crippen molar-refractivity contribution in [1.82, 2.24) is 0 Å². The van der Waals surface area contributed by atoms with E-state index in [1.807, 2.05) is 63.2 Å². The molecule has 1 aliphatic heterocycles. The number of anilines is 1. The number of carbonyl (C=O) groups excluding carboxylic acids is 1. The van der Waals surface area contributed by atoms with Gasteiger partial charge in [0, 0.05) is 5.56 Å². The normalized spacial score (nSPS) is 15.7. The van der Waals surface area contributed by atoms with Crippen molar-refractivity contribution in [2.45, 2.75) is 39.2 Å². The monoisotopic (exact) mass is 351 g/mol. The molecule has 2 aromatic rings. The van der Waals surface area contributed by atoms with Gasteiger partial charge in [0.25, 0.3) is 0 Å². The summed E-state index contributed by atoms with van der Waals surface area (Å²) in [6.07, 6.45) is 4.00. The zero-order valence-electron chi connectivity index (χ0n) is 15.5. The number of phenols is 1. The van der Waals surface area contributed by atoms with Gasteiger partial charge in [0.2, 0.25) is 5.91 Å². The average Bonchev–Trinajstić information content (AvgIpc) is 2.81. The number of amides is 1. The molecule has 2 N–H and O–H groups in total. The third-order valence-electron chi connectivity index (χ3n) is 5.01. The van der Waals surface area contributed by atoms with Crippen molar-refractivity contribution in [2.24, 2.45) is 0 Å². The number of allylic oxidation sites excluding steroid dienone is 1. The van der Waals surface area contributed by atoms with E-state index in [1.165, 1.54) is 0 Å². The second kappa shape index (κ2) is 6.96. The largest absolute Gasteiger partial charge is 0.507 e. The van der Waals surface area contributed by atoms with Crippen LogP contribution in [0.1, 0.15) is 36.1 Å². The number of fused-ring (bicyclic) bond motifs is 1. The van der Waals surface area contributed by atoms with E-state index in [1.54, 1.807) is 11.0 Å². The molecule has 3 rings (SSSR count). The molecule has 0 fully saturated rings. The van der Waals surface area contributed by atoms with Gasteiger partial charge in [0.1, 0.15) is 5.75 Å². The van der Waals surface area contributed by atoms with Gasteiger partial charge in [-0.3, -0.25) is 4.79 Å². The molecule has 4 nitrogen and oxygen atoms in total. The Bertz CT molecular complexity index is 853. The van der Waals surface area contributed by atoms with Crippen molar-refractivity contribution in [2.75, 3.05) is 11.5 Å². The molecule has 0 saturated carbocycles. The maximum Gasteiger partial charge on any atom is 0.237 e. The summed E-state index contributed by atoms with van der Waals surface area (Å²) in [6, 6.07) is 11.8. The van der Waals surface area contributed by atoms with Gasteiger partial charge in [-0.1, -0.05) is 42.5 Å². The minimum Gasteiger partial charge on any atom is -0.507 e. The Kier molecular flexibility index (Phi) is 4.88. The number of benzene rings is 2. The van der Waals surface area contributed by atoms with E-state index in [4.69, 9.17) is 5.11 Å². The standard InChI is InChI=1S/C22H25NO3/c1-15-13-17(11-7-8-12-24)20(25)18-19(15)23(21(26)22(18,2)3)14-16-9-5-4-6-10-16/h4-10,13,24-25H,11-12,14H2,1-3H3. The van der Waals surface area contributed by atoms with Gasteiger partial charge in [-0.15, -0.1) is 0 Å². The Morgan fingerprint density at radius 2 is 1.85 bits per heavy atom. The highest BCUT2D eigenvalue weighted by Crippen LogP contribution is 2.50. The molecule has 26 heavy (non-hydrogen) atoms. The average molecular weight is 351 g/mol. The second-order valence-electron chi connectivity index (χ2n) is 7.28. The van der Waals surface area contributed by atoms with Crippen LogP contribution < -0.4 is 4.90 Å². The number of nitrogens with zero attached hydrogens (tertiary/aromatic N) is 1. The summed E-state index contributed by atoms with van der Waals surface area (Å²) in [5.74, 6) is 0.180. The third-order valence-corrected chi connectivity index (χ3v) is 5.01. The lowest BCUT2D eigenvalue weighted by atomic mass is 9.83. The summed E-state index contributed by atoms with van der Waals surface area (Å²) in [6.45, 7) is 6.17. The molecular formula is C22H25NO3. The van der Waals surface area contributed by atoms with E-state index in [0.29, 0.717) is 18.5 Å². The van der Waals surface area contributed by atoms with Crippen LogP contribution in [0.25, 0.3) is 0 Å². The molecule has 136 valence electrons. The van der Waals surface area contributed by atoms with Crippen LogP contribution in [0.4, 0.5) is 5.69 Å². The van der Waals surface area contributed by atoms with Gasteiger partial charge in [0.15, 0.2) is 0 Å². The number of aliphatic hydroxyl groups is 1. The van der Waals surface area contributed by atoms with Crippen LogP contribution in [0.2, 0.25) is 0 Å². The van der Waals surface area contributed by atoms with Crippen LogP contribution in [0.3, 0.4) is 0 Å². The SMILES string of the molecule is Cc1cc(CC=CCO)c(O)c2c1N(Cc1ccccc1)C(=O)C2(C)C. The highest BCUT2D eigenvalue weighted by molar-refractivity contribution is 6.09. The fourth-order valence-corrected chi connectivity index (χ4v) is 3.71. The van der Waals surface area contributed by atoms with Gasteiger partial charge in [-0.05, 0) is 49.9 Å². The van der Waals surface area contributed by atoms with E-state index in [0.717, 1.165) is 22.4 Å². The van der Waals surface area contributed by atoms with Crippen molar-refractivity contribution >= 4 is 11.6 Å². The van der Waals surface area contributed by atoms with E-state index < -0.39 is 5.41 Å². The van der Waals surface area contributed by atoms with E-state index in [-0.39, 0.29) is 18.3 Å². The first-order valence-corrected chi connectivity index (χ1v) is 8.85. The Labute approximate surface area is 154 Å². The molecular weight excluding hydrogens is 326 g/mol. The van der Waals surface area contributed by atoms with E-state index >= 15 is 0 Å². The lowest BCUT2D eigenvalue weighted by Crippen LogP contribution is -2.35. The van der Waals surface area contributed by atoms with Gasteiger partial charge < -0.3 is 15.1 Å².